The van der Waals surface area contributed by atoms with Crippen LogP contribution in [0, 0.1) is 11.3 Å². The summed E-state index contributed by atoms with van der Waals surface area (Å²) in [6, 6.07) is 9.18. The van der Waals surface area contributed by atoms with E-state index in [0.29, 0.717) is 25.3 Å². The standard InChI is InChI=1S/C15H19N3O2/c1-17(2)10-12-3-5-13(6-4-12)15(19)18-7-8-20-11-14(18)9-16/h3-6,14H,7-8,10-11H2,1-2H3/t14-/m0/s1. The lowest BCUT2D eigenvalue weighted by Gasteiger charge is -2.31. The fourth-order valence-corrected chi connectivity index (χ4v) is 2.24. The molecule has 0 spiro atoms. The molecule has 0 aromatic heterocycles. The maximum atomic E-state index is 12.4. The van der Waals surface area contributed by atoms with E-state index in [1.54, 1.807) is 4.90 Å². The van der Waals surface area contributed by atoms with Crippen LogP contribution in [0.15, 0.2) is 24.3 Å². The van der Waals surface area contributed by atoms with Gasteiger partial charge in [0.2, 0.25) is 0 Å². The highest BCUT2D eigenvalue weighted by Crippen LogP contribution is 2.13. The molecule has 1 aliphatic heterocycles. The zero-order valence-corrected chi connectivity index (χ0v) is 11.9. The van der Waals surface area contributed by atoms with E-state index in [4.69, 9.17) is 10.00 Å². The Balaban J connectivity index is 2.10. The average molecular weight is 273 g/mol. The predicted molar refractivity (Wildman–Crippen MR) is 75.1 cm³/mol. The molecule has 1 aliphatic rings. The van der Waals surface area contributed by atoms with Crippen LogP contribution < -0.4 is 0 Å². The van der Waals surface area contributed by atoms with Crippen molar-refractivity contribution < 1.29 is 9.53 Å². The smallest absolute Gasteiger partial charge is 0.255 e. The summed E-state index contributed by atoms with van der Waals surface area (Å²) in [5, 5.41) is 9.07. The van der Waals surface area contributed by atoms with Crippen molar-refractivity contribution >= 4 is 5.91 Å². The molecule has 0 bridgehead atoms. The molecule has 106 valence electrons. The monoisotopic (exact) mass is 273 g/mol. The van der Waals surface area contributed by atoms with Gasteiger partial charge in [0, 0.05) is 18.7 Å². The summed E-state index contributed by atoms with van der Waals surface area (Å²) in [5.41, 5.74) is 1.78. The summed E-state index contributed by atoms with van der Waals surface area (Å²) < 4.78 is 5.23. The molecule has 1 aromatic carbocycles. The number of nitrogens with zero attached hydrogens (tertiary/aromatic N) is 3. The Kier molecular flexibility index (Phi) is 4.72. The second-order valence-electron chi connectivity index (χ2n) is 5.15. The van der Waals surface area contributed by atoms with E-state index in [1.807, 2.05) is 38.4 Å². The summed E-state index contributed by atoms with van der Waals surface area (Å²) in [6.07, 6.45) is 0. The van der Waals surface area contributed by atoms with Crippen molar-refractivity contribution in [1.82, 2.24) is 9.80 Å². The normalized spacial score (nSPS) is 18.9. The fourth-order valence-electron chi connectivity index (χ4n) is 2.24. The number of amides is 1. The molecule has 1 atom stereocenters. The van der Waals surface area contributed by atoms with E-state index in [-0.39, 0.29) is 5.91 Å². The van der Waals surface area contributed by atoms with Crippen LogP contribution >= 0.6 is 0 Å². The number of hydrogen-bond donors (Lipinski definition) is 0. The molecule has 0 unspecified atom stereocenters. The van der Waals surface area contributed by atoms with Gasteiger partial charge < -0.3 is 14.5 Å². The summed E-state index contributed by atoms with van der Waals surface area (Å²) >= 11 is 0. The van der Waals surface area contributed by atoms with E-state index in [1.165, 1.54) is 0 Å². The first-order chi connectivity index (χ1) is 9.61. The van der Waals surface area contributed by atoms with Gasteiger partial charge in [0.05, 0.1) is 19.3 Å². The number of carbonyl (C=O) groups is 1. The zero-order valence-electron chi connectivity index (χ0n) is 11.9. The van der Waals surface area contributed by atoms with Crippen LogP contribution in [0.1, 0.15) is 15.9 Å². The number of benzene rings is 1. The van der Waals surface area contributed by atoms with E-state index in [9.17, 15) is 4.79 Å². The minimum atomic E-state index is -0.488. The Hall–Kier alpha value is -1.90. The van der Waals surface area contributed by atoms with Crippen LogP contribution in [0.4, 0.5) is 0 Å². The van der Waals surface area contributed by atoms with Gasteiger partial charge in [-0.2, -0.15) is 5.26 Å². The largest absolute Gasteiger partial charge is 0.376 e. The average Bonchev–Trinajstić information content (AvgIpc) is 2.46. The second kappa shape index (κ2) is 6.51. The zero-order chi connectivity index (χ0) is 14.5. The van der Waals surface area contributed by atoms with Crippen LogP contribution in [-0.2, 0) is 11.3 Å². The molecule has 5 nitrogen and oxygen atoms in total. The number of morpholine rings is 1. The number of hydrogen-bond acceptors (Lipinski definition) is 4. The SMILES string of the molecule is CN(C)Cc1ccc(C(=O)N2CCOC[C@@H]2C#N)cc1. The molecule has 1 saturated heterocycles. The topological polar surface area (TPSA) is 56.6 Å². The van der Waals surface area contributed by atoms with Crippen molar-refractivity contribution in [2.45, 2.75) is 12.6 Å². The molecule has 2 rings (SSSR count). The first kappa shape index (κ1) is 14.5. The molecule has 0 radical (unpaired) electrons. The van der Waals surface area contributed by atoms with Crippen molar-refractivity contribution in [3.8, 4) is 6.07 Å². The molecule has 1 aromatic rings. The van der Waals surface area contributed by atoms with Gasteiger partial charge in [-0.1, -0.05) is 12.1 Å². The first-order valence-corrected chi connectivity index (χ1v) is 6.64. The van der Waals surface area contributed by atoms with Gasteiger partial charge in [0.1, 0.15) is 6.04 Å². The Bertz CT molecular complexity index is 505. The molecule has 1 heterocycles. The Morgan fingerprint density at radius 3 is 2.75 bits per heavy atom. The van der Waals surface area contributed by atoms with Crippen molar-refractivity contribution in [2.24, 2.45) is 0 Å². The third-order valence-electron chi connectivity index (χ3n) is 3.24. The van der Waals surface area contributed by atoms with Gasteiger partial charge in [-0.05, 0) is 31.8 Å². The van der Waals surface area contributed by atoms with Crippen molar-refractivity contribution in [1.29, 1.82) is 5.26 Å². The Morgan fingerprint density at radius 2 is 2.15 bits per heavy atom. The van der Waals surface area contributed by atoms with Gasteiger partial charge in [0.15, 0.2) is 0 Å². The minimum absolute atomic E-state index is 0.101. The number of ether oxygens (including phenoxy) is 1. The van der Waals surface area contributed by atoms with E-state index in [0.717, 1.165) is 12.1 Å². The molecule has 5 heteroatoms. The molecular formula is C15H19N3O2. The van der Waals surface area contributed by atoms with Crippen LogP contribution in [0.2, 0.25) is 0 Å². The predicted octanol–water partition coefficient (Wildman–Crippen LogP) is 1.11. The third kappa shape index (κ3) is 3.35. The molecule has 1 fully saturated rings. The summed E-state index contributed by atoms with van der Waals surface area (Å²) in [6.45, 7) is 2.09. The maximum absolute atomic E-state index is 12.4. The van der Waals surface area contributed by atoms with Crippen molar-refractivity contribution in [2.75, 3.05) is 33.9 Å². The van der Waals surface area contributed by atoms with Gasteiger partial charge in [0.25, 0.3) is 5.91 Å². The summed E-state index contributed by atoms with van der Waals surface area (Å²) in [5.74, 6) is -0.101. The fraction of sp³-hybridized carbons (Fsp3) is 0.467. The quantitative estimate of drug-likeness (QED) is 0.828. The Labute approximate surface area is 119 Å². The lowest BCUT2D eigenvalue weighted by Crippen LogP contribution is -2.47. The van der Waals surface area contributed by atoms with E-state index >= 15 is 0 Å². The first-order valence-electron chi connectivity index (χ1n) is 6.64. The minimum Gasteiger partial charge on any atom is -0.376 e. The van der Waals surface area contributed by atoms with Crippen LogP contribution in [0.25, 0.3) is 0 Å². The number of nitriles is 1. The van der Waals surface area contributed by atoms with Gasteiger partial charge in [-0.25, -0.2) is 0 Å². The van der Waals surface area contributed by atoms with E-state index in [2.05, 4.69) is 11.0 Å². The van der Waals surface area contributed by atoms with Crippen LogP contribution in [-0.4, -0.2) is 55.6 Å². The van der Waals surface area contributed by atoms with Crippen molar-refractivity contribution in [3.63, 3.8) is 0 Å². The van der Waals surface area contributed by atoms with E-state index < -0.39 is 6.04 Å². The maximum Gasteiger partial charge on any atom is 0.255 e. The molecule has 0 aliphatic carbocycles. The second-order valence-corrected chi connectivity index (χ2v) is 5.15. The lowest BCUT2D eigenvalue weighted by atomic mass is 10.1. The summed E-state index contributed by atoms with van der Waals surface area (Å²) in [4.78, 5) is 16.1. The van der Waals surface area contributed by atoms with Crippen LogP contribution in [0.5, 0.6) is 0 Å². The highest BCUT2D eigenvalue weighted by atomic mass is 16.5. The molecule has 0 saturated carbocycles. The van der Waals surface area contributed by atoms with Crippen LogP contribution in [0.3, 0.4) is 0 Å². The highest BCUT2D eigenvalue weighted by Gasteiger charge is 2.27. The van der Waals surface area contributed by atoms with Gasteiger partial charge in [-0.15, -0.1) is 0 Å². The third-order valence-corrected chi connectivity index (χ3v) is 3.24. The highest BCUT2D eigenvalue weighted by molar-refractivity contribution is 5.94. The van der Waals surface area contributed by atoms with Gasteiger partial charge in [-0.3, -0.25) is 4.79 Å². The number of carbonyl (C=O) groups excluding carboxylic acids is 1. The molecule has 20 heavy (non-hydrogen) atoms. The Morgan fingerprint density at radius 1 is 1.45 bits per heavy atom. The summed E-state index contributed by atoms with van der Waals surface area (Å²) in [7, 11) is 4.01. The van der Waals surface area contributed by atoms with Crippen molar-refractivity contribution in [3.05, 3.63) is 35.4 Å². The molecular weight excluding hydrogens is 254 g/mol. The molecule has 1 amide bonds. The molecule has 0 N–H and O–H groups in total. The lowest BCUT2D eigenvalue weighted by molar-refractivity contribution is 0.0132. The van der Waals surface area contributed by atoms with Gasteiger partial charge >= 0.3 is 0 Å². The number of rotatable bonds is 3.